The SMILES string of the molecule is O=C1c2ccc([N+](=O)[O-])cc2S(=O)(=O)N1CCOCCS. The van der Waals surface area contributed by atoms with Crippen molar-refractivity contribution in [1.29, 1.82) is 0 Å². The Labute approximate surface area is 126 Å². The van der Waals surface area contributed by atoms with E-state index in [1.54, 1.807) is 0 Å². The van der Waals surface area contributed by atoms with E-state index in [4.69, 9.17) is 4.74 Å². The summed E-state index contributed by atoms with van der Waals surface area (Å²) in [6.07, 6.45) is 0. The van der Waals surface area contributed by atoms with Crippen LogP contribution in [0.15, 0.2) is 23.1 Å². The van der Waals surface area contributed by atoms with Crippen LogP contribution < -0.4 is 0 Å². The van der Waals surface area contributed by atoms with Gasteiger partial charge in [-0.2, -0.15) is 12.6 Å². The summed E-state index contributed by atoms with van der Waals surface area (Å²) in [5.41, 5.74) is -0.437. The largest absolute Gasteiger partial charge is 0.379 e. The number of non-ortho nitro benzene ring substituents is 1. The van der Waals surface area contributed by atoms with Crippen molar-refractivity contribution in [2.75, 3.05) is 25.5 Å². The molecule has 0 bridgehead atoms. The highest BCUT2D eigenvalue weighted by Gasteiger charge is 2.41. The number of benzene rings is 1. The Morgan fingerprint density at radius 1 is 1.33 bits per heavy atom. The van der Waals surface area contributed by atoms with Crippen molar-refractivity contribution in [3.63, 3.8) is 0 Å². The van der Waals surface area contributed by atoms with E-state index in [1.807, 2.05) is 0 Å². The molecule has 0 radical (unpaired) electrons. The van der Waals surface area contributed by atoms with Crippen molar-refractivity contribution in [2.45, 2.75) is 4.90 Å². The number of carbonyl (C=O) groups excluding carboxylic acids is 1. The van der Waals surface area contributed by atoms with Crippen LogP contribution in [0.25, 0.3) is 0 Å². The molecule has 0 saturated carbocycles. The van der Waals surface area contributed by atoms with Crippen LogP contribution in [0.3, 0.4) is 0 Å². The lowest BCUT2D eigenvalue weighted by atomic mass is 10.2. The normalized spacial score (nSPS) is 16.0. The zero-order valence-electron chi connectivity index (χ0n) is 10.8. The Bertz CT molecular complexity index is 688. The molecule has 0 spiro atoms. The Morgan fingerprint density at radius 2 is 2.05 bits per heavy atom. The van der Waals surface area contributed by atoms with E-state index in [0.717, 1.165) is 18.2 Å². The van der Waals surface area contributed by atoms with Crippen molar-refractivity contribution in [1.82, 2.24) is 4.31 Å². The average Bonchev–Trinajstić information content (AvgIpc) is 2.63. The molecule has 1 heterocycles. The third-order valence-corrected chi connectivity index (χ3v) is 4.88. The molecule has 1 amide bonds. The molecule has 0 unspecified atom stereocenters. The van der Waals surface area contributed by atoms with E-state index < -0.39 is 20.9 Å². The fraction of sp³-hybridized carbons (Fsp3) is 0.364. The molecule has 0 fully saturated rings. The van der Waals surface area contributed by atoms with Crippen LogP contribution in [0.4, 0.5) is 5.69 Å². The molecule has 0 atom stereocenters. The van der Waals surface area contributed by atoms with Gasteiger partial charge in [-0.05, 0) is 6.07 Å². The molecular weight excluding hydrogens is 320 g/mol. The number of nitro groups is 1. The number of nitro benzene ring substituents is 1. The molecule has 21 heavy (non-hydrogen) atoms. The van der Waals surface area contributed by atoms with Gasteiger partial charge >= 0.3 is 0 Å². The first-order valence-corrected chi connectivity index (χ1v) is 8.01. The van der Waals surface area contributed by atoms with Gasteiger partial charge in [0.2, 0.25) is 0 Å². The molecule has 1 aromatic carbocycles. The molecule has 1 aliphatic rings. The van der Waals surface area contributed by atoms with Crippen LogP contribution >= 0.6 is 12.6 Å². The van der Waals surface area contributed by atoms with Crippen molar-refractivity contribution in [3.8, 4) is 0 Å². The van der Waals surface area contributed by atoms with Crippen molar-refractivity contribution in [2.24, 2.45) is 0 Å². The second-order valence-corrected chi connectivity index (χ2v) is 6.43. The number of amides is 1. The smallest absolute Gasteiger partial charge is 0.270 e. The minimum atomic E-state index is -4.06. The molecule has 2 rings (SSSR count). The number of nitrogens with zero attached hydrogens (tertiary/aromatic N) is 2. The van der Waals surface area contributed by atoms with E-state index in [2.05, 4.69) is 12.6 Å². The lowest BCUT2D eigenvalue weighted by Crippen LogP contribution is -2.33. The zero-order valence-corrected chi connectivity index (χ0v) is 12.5. The fourth-order valence-electron chi connectivity index (χ4n) is 1.91. The lowest BCUT2D eigenvalue weighted by Gasteiger charge is -2.14. The number of fused-ring (bicyclic) bond motifs is 1. The van der Waals surface area contributed by atoms with Gasteiger partial charge in [-0.1, -0.05) is 0 Å². The fourth-order valence-corrected chi connectivity index (χ4v) is 3.61. The van der Waals surface area contributed by atoms with Gasteiger partial charge in [0.05, 0.1) is 30.2 Å². The van der Waals surface area contributed by atoms with Crippen LogP contribution in [0.1, 0.15) is 10.4 Å². The van der Waals surface area contributed by atoms with Crippen LogP contribution in [0.2, 0.25) is 0 Å². The van der Waals surface area contributed by atoms with Gasteiger partial charge < -0.3 is 4.74 Å². The molecule has 0 aliphatic carbocycles. The summed E-state index contributed by atoms with van der Waals surface area (Å²) in [4.78, 5) is 21.7. The van der Waals surface area contributed by atoms with E-state index in [0.29, 0.717) is 16.7 Å². The maximum atomic E-state index is 12.2. The highest BCUT2D eigenvalue weighted by Crippen LogP contribution is 2.32. The lowest BCUT2D eigenvalue weighted by molar-refractivity contribution is -0.385. The first-order valence-electron chi connectivity index (χ1n) is 5.93. The quantitative estimate of drug-likeness (QED) is 0.355. The van der Waals surface area contributed by atoms with E-state index in [9.17, 15) is 23.3 Å². The van der Waals surface area contributed by atoms with Gasteiger partial charge in [0, 0.05) is 17.9 Å². The summed E-state index contributed by atoms with van der Waals surface area (Å²) < 4.78 is 30.3. The number of ether oxygens (including phenoxy) is 1. The van der Waals surface area contributed by atoms with E-state index >= 15 is 0 Å². The minimum absolute atomic E-state index is 0.0433. The van der Waals surface area contributed by atoms with Crippen LogP contribution in [0.5, 0.6) is 0 Å². The number of carbonyl (C=O) groups is 1. The number of rotatable bonds is 6. The highest BCUT2D eigenvalue weighted by molar-refractivity contribution is 7.90. The van der Waals surface area contributed by atoms with E-state index in [-0.39, 0.29) is 29.3 Å². The Balaban J connectivity index is 2.29. The Hall–Kier alpha value is -1.65. The zero-order chi connectivity index (χ0) is 15.6. The van der Waals surface area contributed by atoms with Crippen LogP contribution in [-0.4, -0.2) is 49.1 Å². The van der Waals surface area contributed by atoms with Gasteiger partial charge in [-0.25, -0.2) is 12.7 Å². The van der Waals surface area contributed by atoms with Gasteiger partial charge in [0.1, 0.15) is 4.90 Å². The topological polar surface area (TPSA) is 107 Å². The number of thiol groups is 1. The third kappa shape index (κ3) is 2.87. The van der Waals surface area contributed by atoms with Crippen LogP contribution in [-0.2, 0) is 14.8 Å². The molecule has 1 aliphatic heterocycles. The number of hydrogen-bond donors (Lipinski definition) is 1. The summed E-state index contributed by atoms with van der Waals surface area (Å²) in [6, 6.07) is 3.16. The first-order chi connectivity index (χ1) is 9.89. The second kappa shape index (κ2) is 6.00. The summed E-state index contributed by atoms with van der Waals surface area (Å²) in [7, 11) is -4.06. The maximum Gasteiger partial charge on any atom is 0.270 e. The molecule has 114 valence electrons. The molecule has 0 N–H and O–H groups in total. The predicted octanol–water partition coefficient (Wildman–Crippen LogP) is 0.686. The number of hydrogen-bond acceptors (Lipinski definition) is 7. The molecule has 10 heteroatoms. The maximum absolute atomic E-state index is 12.2. The molecule has 0 saturated heterocycles. The van der Waals surface area contributed by atoms with E-state index in [1.165, 1.54) is 0 Å². The summed E-state index contributed by atoms with van der Waals surface area (Å²) in [5.74, 6) is -0.220. The first kappa shape index (κ1) is 15.7. The number of sulfonamides is 1. The van der Waals surface area contributed by atoms with Crippen molar-refractivity contribution >= 4 is 34.2 Å². The average molecular weight is 332 g/mol. The summed E-state index contributed by atoms with van der Waals surface area (Å²) >= 11 is 3.94. The van der Waals surface area contributed by atoms with Crippen LogP contribution in [0, 0.1) is 10.1 Å². The highest BCUT2D eigenvalue weighted by atomic mass is 32.2. The van der Waals surface area contributed by atoms with Gasteiger partial charge in [0.15, 0.2) is 0 Å². The standard InChI is InChI=1S/C11H12N2O6S2/c14-11-9-2-1-8(13(15)16)7-10(9)21(17,18)12(11)3-4-19-5-6-20/h1-2,7,20H,3-6H2. The summed E-state index contributed by atoms with van der Waals surface area (Å²) in [6.45, 7) is 0.239. The molecule has 0 aromatic heterocycles. The summed E-state index contributed by atoms with van der Waals surface area (Å²) in [5, 5.41) is 10.7. The van der Waals surface area contributed by atoms with Crippen molar-refractivity contribution < 1.29 is 22.9 Å². The van der Waals surface area contributed by atoms with Crippen molar-refractivity contribution in [3.05, 3.63) is 33.9 Å². The monoisotopic (exact) mass is 332 g/mol. The third-order valence-electron chi connectivity index (χ3n) is 2.88. The Kier molecular flexibility index (Phi) is 4.49. The predicted molar refractivity (Wildman–Crippen MR) is 76.0 cm³/mol. The second-order valence-electron chi connectivity index (χ2n) is 4.16. The Morgan fingerprint density at radius 3 is 2.67 bits per heavy atom. The molecule has 8 nitrogen and oxygen atoms in total. The molecule has 1 aromatic rings. The van der Waals surface area contributed by atoms with Gasteiger partial charge in [0.25, 0.3) is 21.6 Å². The molecular formula is C11H12N2O6S2. The van der Waals surface area contributed by atoms with Gasteiger partial charge in [-0.15, -0.1) is 0 Å². The van der Waals surface area contributed by atoms with Gasteiger partial charge in [-0.3, -0.25) is 14.9 Å². The minimum Gasteiger partial charge on any atom is -0.379 e.